The lowest BCUT2D eigenvalue weighted by atomic mass is 9.94. The smallest absolute Gasteiger partial charge is 0.201 e. The third-order valence-corrected chi connectivity index (χ3v) is 3.28. The minimum Gasteiger partial charge on any atom is -0.493 e. The maximum atomic E-state index is 9.47. The van der Waals surface area contributed by atoms with Crippen LogP contribution < -0.4 is 4.74 Å². The Bertz CT molecular complexity index is 670. The van der Waals surface area contributed by atoms with Gasteiger partial charge in [0.2, 0.25) is 5.84 Å². The van der Waals surface area contributed by atoms with Crippen molar-refractivity contribution >= 4 is 5.84 Å². The van der Waals surface area contributed by atoms with Crippen molar-refractivity contribution in [2.75, 3.05) is 6.61 Å². The highest BCUT2D eigenvalue weighted by atomic mass is 16.5. The molecule has 23 heavy (non-hydrogen) atoms. The molecular weight excluding hydrogens is 292 g/mol. The SMILES string of the molecule is CC(C)c1c(OCC(C)(C)C)cccc1C(=NO)n1cncn1. The molecule has 0 bridgehead atoms. The van der Waals surface area contributed by atoms with E-state index in [9.17, 15) is 5.21 Å². The Morgan fingerprint density at radius 3 is 2.61 bits per heavy atom. The van der Waals surface area contributed by atoms with Gasteiger partial charge in [-0.15, -0.1) is 0 Å². The van der Waals surface area contributed by atoms with E-state index in [1.54, 1.807) is 0 Å². The van der Waals surface area contributed by atoms with E-state index in [0.29, 0.717) is 12.4 Å². The predicted molar refractivity (Wildman–Crippen MR) is 89.2 cm³/mol. The van der Waals surface area contributed by atoms with Crippen molar-refractivity contribution in [3.63, 3.8) is 0 Å². The Hall–Kier alpha value is -2.37. The van der Waals surface area contributed by atoms with Gasteiger partial charge in [0.25, 0.3) is 0 Å². The molecule has 1 heterocycles. The summed E-state index contributed by atoms with van der Waals surface area (Å²) in [6.07, 6.45) is 2.90. The van der Waals surface area contributed by atoms with Gasteiger partial charge < -0.3 is 9.94 Å². The maximum Gasteiger partial charge on any atom is 0.201 e. The number of oxime groups is 1. The van der Waals surface area contributed by atoms with Crippen molar-refractivity contribution in [2.45, 2.75) is 40.5 Å². The van der Waals surface area contributed by atoms with Crippen LogP contribution in [0.15, 0.2) is 36.0 Å². The molecule has 0 saturated carbocycles. The zero-order valence-electron chi connectivity index (χ0n) is 14.3. The summed E-state index contributed by atoms with van der Waals surface area (Å²) in [6, 6.07) is 5.73. The fourth-order valence-corrected chi connectivity index (χ4v) is 2.30. The van der Waals surface area contributed by atoms with Crippen molar-refractivity contribution in [3.8, 4) is 5.75 Å². The number of hydrogen-bond donors (Lipinski definition) is 1. The first-order valence-electron chi connectivity index (χ1n) is 7.66. The van der Waals surface area contributed by atoms with Crippen molar-refractivity contribution in [1.29, 1.82) is 0 Å². The average molecular weight is 316 g/mol. The Labute approximate surface area is 136 Å². The second-order valence-corrected chi connectivity index (χ2v) is 6.99. The minimum atomic E-state index is 0.0596. The van der Waals surface area contributed by atoms with Gasteiger partial charge in [0.15, 0.2) is 0 Å². The standard InChI is InChI=1S/C17H24N4O2/c1-12(2)15-13(16(20-22)21-11-18-10-19-21)7-6-8-14(15)23-9-17(3,4)5/h6-8,10-12,22H,9H2,1-5H3. The van der Waals surface area contributed by atoms with Crippen LogP contribution in [0.1, 0.15) is 51.7 Å². The molecule has 124 valence electrons. The molecule has 6 nitrogen and oxygen atoms in total. The normalized spacial score (nSPS) is 12.7. The molecule has 0 amide bonds. The van der Waals surface area contributed by atoms with Crippen LogP contribution in [0, 0.1) is 5.41 Å². The number of rotatable bonds is 4. The van der Waals surface area contributed by atoms with Crippen LogP contribution in [0.5, 0.6) is 5.75 Å². The minimum absolute atomic E-state index is 0.0596. The van der Waals surface area contributed by atoms with E-state index in [-0.39, 0.29) is 11.3 Å². The number of ether oxygens (including phenoxy) is 1. The van der Waals surface area contributed by atoms with Crippen LogP contribution in [-0.2, 0) is 0 Å². The summed E-state index contributed by atoms with van der Waals surface area (Å²) in [5.74, 6) is 1.32. The molecule has 1 N–H and O–H groups in total. The van der Waals surface area contributed by atoms with Gasteiger partial charge in [-0.05, 0) is 17.4 Å². The number of nitrogens with zero attached hydrogens (tertiary/aromatic N) is 4. The highest BCUT2D eigenvalue weighted by Gasteiger charge is 2.21. The lowest BCUT2D eigenvalue weighted by Crippen LogP contribution is -2.20. The zero-order chi connectivity index (χ0) is 17.0. The second kappa shape index (κ2) is 6.81. The van der Waals surface area contributed by atoms with Crippen LogP contribution >= 0.6 is 0 Å². The topological polar surface area (TPSA) is 72.5 Å². The highest BCUT2D eigenvalue weighted by molar-refractivity contribution is 6.01. The van der Waals surface area contributed by atoms with Crippen molar-refractivity contribution in [1.82, 2.24) is 14.8 Å². The van der Waals surface area contributed by atoms with Gasteiger partial charge in [-0.25, -0.2) is 4.98 Å². The van der Waals surface area contributed by atoms with Crippen LogP contribution in [0.3, 0.4) is 0 Å². The molecule has 0 aliphatic heterocycles. The third-order valence-electron chi connectivity index (χ3n) is 3.28. The van der Waals surface area contributed by atoms with Crippen molar-refractivity contribution < 1.29 is 9.94 Å². The summed E-state index contributed by atoms with van der Waals surface area (Å²) in [7, 11) is 0. The first kappa shape index (κ1) is 17.0. The maximum absolute atomic E-state index is 9.47. The molecule has 0 saturated heterocycles. The average Bonchev–Trinajstić information content (AvgIpc) is 2.99. The quantitative estimate of drug-likeness (QED) is 0.405. The Morgan fingerprint density at radius 1 is 1.35 bits per heavy atom. The summed E-state index contributed by atoms with van der Waals surface area (Å²) in [6.45, 7) is 11.1. The van der Waals surface area contributed by atoms with E-state index in [4.69, 9.17) is 4.74 Å². The van der Waals surface area contributed by atoms with Gasteiger partial charge in [0.05, 0.1) is 6.61 Å². The summed E-state index contributed by atoms with van der Waals surface area (Å²) in [5, 5.41) is 16.9. The van der Waals surface area contributed by atoms with E-state index < -0.39 is 0 Å². The Morgan fingerprint density at radius 2 is 2.09 bits per heavy atom. The van der Waals surface area contributed by atoms with Gasteiger partial charge in [-0.2, -0.15) is 9.78 Å². The van der Waals surface area contributed by atoms with E-state index in [1.165, 1.54) is 17.3 Å². The van der Waals surface area contributed by atoms with Gasteiger partial charge in [0, 0.05) is 11.1 Å². The molecule has 0 atom stereocenters. The van der Waals surface area contributed by atoms with Crippen LogP contribution in [0.25, 0.3) is 0 Å². The molecule has 6 heteroatoms. The summed E-state index contributed by atoms with van der Waals surface area (Å²) >= 11 is 0. The van der Waals surface area contributed by atoms with E-state index >= 15 is 0 Å². The van der Waals surface area contributed by atoms with Crippen molar-refractivity contribution in [2.24, 2.45) is 10.6 Å². The molecule has 0 aliphatic rings. The molecule has 0 unspecified atom stereocenters. The molecule has 2 rings (SSSR count). The van der Waals surface area contributed by atoms with Crippen LogP contribution in [0.2, 0.25) is 0 Å². The van der Waals surface area contributed by atoms with E-state index in [2.05, 4.69) is 49.9 Å². The predicted octanol–water partition coefficient (Wildman–Crippen LogP) is 3.51. The fourth-order valence-electron chi connectivity index (χ4n) is 2.30. The number of aromatic nitrogens is 3. The lowest BCUT2D eigenvalue weighted by Gasteiger charge is -2.23. The Kier molecular flexibility index (Phi) is 5.03. The van der Waals surface area contributed by atoms with Crippen molar-refractivity contribution in [3.05, 3.63) is 42.0 Å². The van der Waals surface area contributed by atoms with E-state index in [1.807, 2.05) is 18.2 Å². The van der Waals surface area contributed by atoms with Gasteiger partial charge in [-0.3, -0.25) is 0 Å². The molecule has 1 aromatic carbocycles. The van der Waals surface area contributed by atoms with E-state index in [0.717, 1.165) is 16.9 Å². The molecule has 0 aliphatic carbocycles. The molecule has 2 aromatic rings. The van der Waals surface area contributed by atoms with Gasteiger partial charge in [-0.1, -0.05) is 51.9 Å². The van der Waals surface area contributed by atoms with Gasteiger partial charge >= 0.3 is 0 Å². The molecule has 1 aromatic heterocycles. The lowest BCUT2D eigenvalue weighted by molar-refractivity contribution is 0.196. The summed E-state index contributed by atoms with van der Waals surface area (Å²) in [4.78, 5) is 3.91. The fraction of sp³-hybridized carbons (Fsp3) is 0.471. The van der Waals surface area contributed by atoms with Crippen LogP contribution in [0.4, 0.5) is 0 Å². The Balaban J connectivity index is 2.48. The number of benzene rings is 1. The van der Waals surface area contributed by atoms with Gasteiger partial charge in [0.1, 0.15) is 18.4 Å². The molecular formula is C17H24N4O2. The summed E-state index contributed by atoms with van der Waals surface area (Å²) < 4.78 is 7.47. The van der Waals surface area contributed by atoms with Crippen LogP contribution in [-0.4, -0.2) is 32.4 Å². The summed E-state index contributed by atoms with van der Waals surface area (Å²) in [5.41, 5.74) is 1.82. The number of hydrogen-bond acceptors (Lipinski definition) is 5. The second-order valence-electron chi connectivity index (χ2n) is 6.99. The highest BCUT2D eigenvalue weighted by Crippen LogP contribution is 2.31. The molecule has 0 spiro atoms. The first-order chi connectivity index (χ1) is 10.8. The monoisotopic (exact) mass is 316 g/mol. The third kappa shape index (κ3) is 4.09. The molecule has 0 radical (unpaired) electrons. The first-order valence-corrected chi connectivity index (χ1v) is 7.66. The zero-order valence-corrected chi connectivity index (χ0v) is 14.3. The molecule has 0 fully saturated rings. The largest absolute Gasteiger partial charge is 0.493 e.